The van der Waals surface area contributed by atoms with Crippen molar-refractivity contribution in [2.75, 3.05) is 4.43 Å². The smallest absolute Gasteiger partial charge is 0.299 e. The Morgan fingerprint density at radius 2 is 1.88 bits per heavy atom. The summed E-state index contributed by atoms with van der Waals surface area (Å²) in [6, 6.07) is 9.32. The molecule has 2 aromatic rings. The first kappa shape index (κ1) is 12.1. The zero-order chi connectivity index (χ0) is 12.3. The summed E-state index contributed by atoms with van der Waals surface area (Å²) in [4.78, 5) is 25.6. The third-order valence-electron chi connectivity index (χ3n) is 2.42. The average molecular weight is 342 g/mol. The number of hydrogen-bond acceptors (Lipinski definition) is 2. The van der Waals surface area contributed by atoms with Crippen LogP contribution in [0.15, 0.2) is 46.1 Å². The van der Waals surface area contributed by atoms with Crippen LogP contribution in [0.3, 0.4) is 0 Å². The third kappa shape index (κ3) is 2.66. The van der Waals surface area contributed by atoms with Crippen molar-refractivity contribution in [2.45, 2.75) is 6.54 Å². The van der Waals surface area contributed by atoms with E-state index < -0.39 is 0 Å². The van der Waals surface area contributed by atoms with Crippen molar-refractivity contribution >= 4 is 22.6 Å². The fourth-order valence-electron chi connectivity index (χ4n) is 1.59. The Morgan fingerprint density at radius 3 is 2.53 bits per heavy atom. The number of nitrogens with zero attached hydrogens (tertiary/aromatic N) is 1. The van der Waals surface area contributed by atoms with Gasteiger partial charge in [-0.05, 0) is 5.56 Å². The van der Waals surface area contributed by atoms with Gasteiger partial charge in [0.15, 0.2) is 0 Å². The molecule has 0 aliphatic heterocycles. The second-order valence-corrected chi connectivity index (χ2v) is 4.63. The molecule has 0 unspecified atom stereocenters. The van der Waals surface area contributed by atoms with Gasteiger partial charge in [0, 0.05) is 17.2 Å². The summed E-state index contributed by atoms with van der Waals surface area (Å²) in [6.07, 6.45) is 1.62. The zero-order valence-electron chi connectivity index (χ0n) is 9.02. The molecular formula is C12H11IN2O2. The maximum Gasteiger partial charge on any atom is 0.328 e. The van der Waals surface area contributed by atoms with Gasteiger partial charge in [-0.3, -0.25) is 14.3 Å². The van der Waals surface area contributed by atoms with E-state index in [0.29, 0.717) is 12.1 Å². The summed E-state index contributed by atoms with van der Waals surface area (Å²) in [5.74, 6) is 0. The Balaban J connectivity index is 2.59. The molecule has 1 aromatic carbocycles. The van der Waals surface area contributed by atoms with Crippen molar-refractivity contribution in [3.63, 3.8) is 0 Å². The molecule has 17 heavy (non-hydrogen) atoms. The van der Waals surface area contributed by atoms with Gasteiger partial charge in [-0.2, -0.15) is 0 Å². The predicted molar refractivity (Wildman–Crippen MR) is 75.6 cm³/mol. The monoisotopic (exact) mass is 342 g/mol. The first-order valence-corrected chi connectivity index (χ1v) is 6.70. The molecule has 4 nitrogen and oxygen atoms in total. The van der Waals surface area contributed by atoms with E-state index in [2.05, 4.69) is 27.6 Å². The molecular weight excluding hydrogens is 331 g/mol. The quantitative estimate of drug-likeness (QED) is 0.681. The number of nitrogens with one attached hydrogen (secondary N) is 1. The zero-order valence-corrected chi connectivity index (χ0v) is 11.2. The Labute approximate surface area is 111 Å². The van der Waals surface area contributed by atoms with Crippen LogP contribution in [0.5, 0.6) is 0 Å². The van der Waals surface area contributed by atoms with Crippen LogP contribution in [0, 0.1) is 0 Å². The largest absolute Gasteiger partial charge is 0.328 e. The molecule has 0 saturated heterocycles. The fraction of sp³-hybridized carbons (Fsp3) is 0.167. The molecule has 5 heteroatoms. The number of aryl methyl sites for hydroxylation is 1. The molecule has 0 aliphatic rings. The first-order chi connectivity index (χ1) is 8.22. The lowest BCUT2D eigenvalue weighted by molar-refractivity contribution is 0.708. The van der Waals surface area contributed by atoms with E-state index in [1.165, 1.54) is 4.57 Å². The number of aromatic nitrogens is 2. The van der Waals surface area contributed by atoms with Crippen molar-refractivity contribution in [3.05, 3.63) is 57.4 Å². The summed E-state index contributed by atoms with van der Waals surface area (Å²) in [6.45, 7) is 0.593. The molecule has 2 rings (SSSR count). The molecule has 1 aromatic heterocycles. The number of benzene rings is 1. The summed E-state index contributed by atoms with van der Waals surface area (Å²) in [5, 5.41) is 0. The van der Waals surface area contributed by atoms with Gasteiger partial charge in [-0.25, -0.2) is 4.79 Å². The fourth-order valence-corrected chi connectivity index (χ4v) is 2.11. The molecule has 1 N–H and O–H groups in total. The summed E-state index contributed by atoms with van der Waals surface area (Å²) in [7, 11) is 0. The highest BCUT2D eigenvalue weighted by Gasteiger charge is 2.06. The number of H-pyrrole nitrogens is 1. The van der Waals surface area contributed by atoms with Crippen LogP contribution in [0.4, 0.5) is 0 Å². The van der Waals surface area contributed by atoms with E-state index in [9.17, 15) is 9.59 Å². The minimum absolute atomic E-state index is 0.342. The number of rotatable bonds is 3. The van der Waals surface area contributed by atoms with Gasteiger partial charge in [-0.1, -0.05) is 52.9 Å². The maximum absolute atomic E-state index is 11.7. The molecule has 88 valence electrons. The highest BCUT2D eigenvalue weighted by Crippen LogP contribution is 2.12. The van der Waals surface area contributed by atoms with Gasteiger partial charge >= 0.3 is 5.69 Å². The SMILES string of the molecule is O=c1[nH]c(=O)n(CCI)cc1-c1ccccc1. The molecule has 0 fully saturated rings. The molecule has 0 bridgehead atoms. The van der Waals surface area contributed by atoms with Gasteiger partial charge in [-0.15, -0.1) is 0 Å². The molecule has 0 saturated carbocycles. The van der Waals surface area contributed by atoms with E-state index in [1.807, 2.05) is 30.3 Å². The number of alkyl halides is 1. The maximum atomic E-state index is 11.7. The van der Waals surface area contributed by atoms with E-state index in [0.717, 1.165) is 9.99 Å². The van der Waals surface area contributed by atoms with Crippen LogP contribution in [0.25, 0.3) is 11.1 Å². The molecule has 0 radical (unpaired) electrons. The summed E-state index contributed by atoms with van der Waals surface area (Å²) >= 11 is 2.19. The minimum atomic E-state index is -0.355. The topological polar surface area (TPSA) is 54.9 Å². The van der Waals surface area contributed by atoms with Crippen LogP contribution in [0.1, 0.15) is 0 Å². The van der Waals surface area contributed by atoms with Gasteiger partial charge in [0.2, 0.25) is 0 Å². The van der Waals surface area contributed by atoms with Gasteiger partial charge in [0.05, 0.1) is 5.56 Å². The lowest BCUT2D eigenvalue weighted by atomic mass is 10.1. The van der Waals surface area contributed by atoms with E-state index >= 15 is 0 Å². The summed E-state index contributed by atoms with van der Waals surface area (Å²) in [5.41, 5.74) is 0.642. The molecule has 1 heterocycles. The predicted octanol–water partition coefficient (Wildman–Crippen LogP) is 1.64. The minimum Gasteiger partial charge on any atom is -0.299 e. The molecule has 0 aliphatic carbocycles. The Hall–Kier alpha value is -1.37. The van der Waals surface area contributed by atoms with Gasteiger partial charge in [0.25, 0.3) is 5.56 Å². The Bertz CT molecular complexity index is 616. The lowest BCUT2D eigenvalue weighted by Crippen LogP contribution is -2.30. The number of halogens is 1. The van der Waals surface area contributed by atoms with Crippen molar-refractivity contribution < 1.29 is 0 Å². The van der Waals surface area contributed by atoms with Crippen molar-refractivity contribution in [1.29, 1.82) is 0 Å². The van der Waals surface area contributed by atoms with E-state index in [4.69, 9.17) is 0 Å². The number of aromatic amines is 1. The highest BCUT2D eigenvalue weighted by atomic mass is 127. The van der Waals surface area contributed by atoms with E-state index in [1.54, 1.807) is 6.20 Å². The van der Waals surface area contributed by atoms with E-state index in [-0.39, 0.29) is 11.2 Å². The van der Waals surface area contributed by atoms with Crippen LogP contribution in [0.2, 0.25) is 0 Å². The first-order valence-electron chi connectivity index (χ1n) is 5.17. The lowest BCUT2D eigenvalue weighted by Gasteiger charge is -2.05. The van der Waals surface area contributed by atoms with Crippen molar-refractivity contribution in [3.8, 4) is 11.1 Å². The second kappa shape index (κ2) is 5.31. The Morgan fingerprint density at radius 1 is 1.18 bits per heavy atom. The van der Waals surface area contributed by atoms with Crippen LogP contribution >= 0.6 is 22.6 Å². The molecule has 0 amide bonds. The van der Waals surface area contributed by atoms with Crippen molar-refractivity contribution in [2.24, 2.45) is 0 Å². The Kier molecular flexibility index (Phi) is 3.78. The standard InChI is InChI=1S/C12H11IN2O2/c13-6-7-15-8-10(11(16)14-12(15)17)9-4-2-1-3-5-9/h1-5,8H,6-7H2,(H,14,16,17). The normalized spacial score (nSPS) is 10.4. The number of hydrogen-bond donors (Lipinski definition) is 1. The second-order valence-electron chi connectivity index (χ2n) is 3.55. The average Bonchev–Trinajstić information content (AvgIpc) is 2.34. The van der Waals surface area contributed by atoms with Crippen LogP contribution in [-0.4, -0.2) is 14.0 Å². The van der Waals surface area contributed by atoms with Crippen LogP contribution < -0.4 is 11.2 Å². The third-order valence-corrected chi connectivity index (χ3v) is 2.90. The summed E-state index contributed by atoms with van der Waals surface area (Å²) < 4.78 is 2.34. The molecule has 0 atom stereocenters. The van der Waals surface area contributed by atoms with Gasteiger partial charge < -0.3 is 0 Å². The molecule has 0 spiro atoms. The highest BCUT2D eigenvalue weighted by molar-refractivity contribution is 14.1. The van der Waals surface area contributed by atoms with Crippen molar-refractivity contribution in [1.82, 2.24) is 9.55 Å². The van der Waals surface area contributed by atoms with Crippen LogP contribution in [-0.2, 0) is 6.54 Å². The van der Waals surface area contributed by atoms with Gasteiger partial charge in [0.1, 0.15) is 0 Å².